The van der Waals surface area contributed by atoms with Gasteiger partial charge in [-0.2, -0.15) is 0 Å². The number of hydrogen-bond donors (Lipinski definition) is 1. The quantitative estimate of drug-likeness (QED) is 0.563. The molecule has 0 bridgehead atoms. The van der Waals surface area contributed by atoms with Crippen LogP contribution in [-0.2, 0) is 16.0 Å². The number of unbranched alkanes of at least 4 members (excludes halogenated alkanes) is 1. The molecule has 2 aromatic rings. The van der Waals surface area contributed by atoms with Crippen LogP contribution in [0.1, 0.15) is 31.4 Å². The molecule has 1 heterocycles. The largest absolute Gasteiger partial charge is 0.441 e. The first-order valence-electron chi connectivity index (χ1n) is 7.51. The lowest BCUT2D eigenvalue weighted by Gasteiger charge is -2.00. The Morgan fingerprint density at radius 3 is 2.65 bits per heavy atom. The lowest BCUT2D eigenvalue weighted by molar-refractivity contribution is -0.127. The van der Waals surface area contributed by atoms with E-state index < -0.39 is 0 Å². The summed E-state index contributed by atoms with van der Waals surface area (Å²) in [5.41, 5.74) is 0.931. The summed E-state index contributed by atoms with van der Waals surface area (Å²) in [5.74, 6) is 1.15. The molecule has 0 saturated heterocycles. The van der Waals surface area contributed by atoms with Crippen molar-refractivity contribution in [2.45, 2.75) is 32.1 Å². The monoisotopic (exact) mass is 378 g/mol. The number of amides is 1. The fourth-order valence-electron chi connectivity index (χ4n) is 2.13. The SMILES string of the molecule is CNC(=O)CC(=O)CCCCc1cnc(-c2ccc(Br)cc2)o1. The predicted octanol–water partition coefficient (Wildman–Crippen LogP) is 3.52. The zero-order valence-electron chi connectivity index (χ0n) is 13.0. The summed E-state index contributed by atoms with van der Waals surface area (Å²) in [6.07, 6.45) is 4.41. The molecule has 0 aliphatic rings. The fraction of sp³-hybridized carbons (Fsp3) is 0.353. The summed E-state index contributed by atoms with van der Waals surface area (Å²) < 4.78 is 6.73. The highest BCUT2D eigenvalue weighted by atomic mass is 79.9. The van der Waals surface area contributed by atoms with Gasteiger partial charge >= 0.3 is 0 Å². The Hall–Kier alpha value is -1.95. The van der Waals surface area contributed by atoms with Crippen LogP contribution in [0.2, 0.25) is 0 Å². The summed E-state index contributed by atoms with van der Waals surface area (Å²) in [7, 11) is 1.53. The Morgan fingerprint density at radius 2 is 1.96 bits per heavy atom. The van der Waals surface area contributed by atoms with Gasteiger partial charge in [-0.15, -0.1) is 0 Å². The van der Waals surface area contributed by atoms with Crippen molar-refractivity contribution in [2.24, 2.45) is 0 Å². The maximum atomic E-state index is 11.5. The highest BCUT2D eigenvalue weighted by molar-refractivity contribution is 9.10. The number of oxazole rings is 1. The second-order valence-electron chi connectivity index (χ2n) is 5.23. The van der Waals surface area contributed by atoms with Gasteiger partial charge < -0.3 is 9.73 Å². The second kappa shape index (κ2) is 8.62. The van der Waals surface area contributed by atoms with Crippen LogP contribution in [0.25, 0.3) is 11.5 Å². The number of hydrogen-bond acceptors (Lipinski definition) is 4. The van der Waals surface area contributed by atoms with Crippen LogP contribution < -0.4 is 5.32 Å². The molecule has 23 heavy (non-hydrogen) atoms. The highest BCUT2D eigenvalue weighted by Gasteiger charge is 2.09. The Bertz CT molecular complexity index is 665. The molecule has 1 aromatic heterocycles. The number of ketones is 1. The number of aryl methyl sites for hydroxylation is 1. The number of nitrogens with zero attached hydrogens (tertiary/aromatic N) is 1. The zero-order valence-corrected chi connectivity index (χ0v) is 14.6. The minimum absolute atomic E-state index is 0.0301. The van der Waals surface area contributed by atoms with Crippen molar-refractivity contribution in [3.63, 3.8) is 0 Å². The molecule has 0 unspecified atom stereocenters. The second-order valence-corrected chi connectivity index (χ2v) is 6.15. The van der Waals surface area contributed by atoms with Crippen LogP contribution >= 0.6 is 15.9 Å². The van der Waals surface area contributed by atoms with Gasteiger partial charge in [-0.1, -0.05) is 15.9 Å². The van der Waals surface area contributed by atoms with Crippen LogP contribution in [0.4, 0.5) is 0 Å². The average molecular weight is 379 g/mol. The van der Waals surface area contributed by atoms with E-state index in [1.807, 2.05) is 24.3 Å². The van der Waals surface area contributed by atoms with Crippen molar-refractivity contribution in [2.75, 3.05) is 7.05 Å². The van der Waals surface area contributed by atoms with E-state index >= 15 is 0 Å². The van der Waals surface area contributed by atoms with Crippen molar-refractivity contribution < 1.29 is 14.0 Å². The Morgan fingerprint density at radius 1 is 1.22 bits per heavy atom. The highest BCUT2D eigenvalue weighted by Crippen LogP contribution is 2.22. The van der Waals surface area contributed by atoms with Crippen molar-refractivity contribution in [3.8, 4) is 11.5 Å². The lowest BCUT2D eigenvalue weighted by Crippen LogP contribution is -2.21. The van der Waals surface area contributed by atoms with Crippen LogP contribution in [0.5, 0.6) is 0 Å². The van der Waals surface area contributed by atoms with Gasteiger partial charge in [-0.25, -0.2) is 4.98 Å². The third kappa shape index (κ3) is 5.63. The molecule has 1 amide bonds. The standard InChI is InChI=1S/C17H19BrN2O3/c1-19-16(22)10-14(21)4-2-3-5-15-11-20-17(23-15)12-6-8-13(18)9-7-12/h6-9,11H,2-5,10H2,1H3,(H,19,22). The summed E-state index contributed by atoms with van der Waals surface area (Å²) in [4.78, 5) is 26.9. The molecule has 2 rings (SSSR count). The van der Waals surface area contributed by atoms with E-state index in [1.165, 1.54) is 7.05 Å². The molecule has 1 N–H and O–H groups in total. The molecule has 1 aromatic carbocycles. The summed E-state index contributed by atoms with van der Waals surface area (Å²) in [6.45, 7) is 0. The van der Waals surface area contributed by atoms with E-state index in [-0.39, 0.29) is 18.1 Å². The molecule has 0 spiro atoms. The summed E-state index contributed by atoms with van der Waals surface area (Å²) in [5, 5.41) is 2.45. The van der Waals surface area contributed by atoms with E-state index in [1.54, 1.807) is 6.20 Å². The topological polar surface area (TPSA) is 72.2 Å². The number of rotatable bonds is 8. The fourth-order valence-corrected chi connectivity index (χ4v) is 2.39. The molecule has 0 radical (unpaired) electrons. The first kappa shape index (κ1) is 17.4. The maximum Gasteiger partial charge on any atom is 0.227 e. The van der Waals surface area contributed by atoms with Crippen molar-refractivity contribution in [3.05, 3.63) is 40.7 Å². The van der Waals surface area contributed by atoms with Gasteiger partial charge in [-0.3, -0.25) is 9.59 Å². The van der Waals surface area contributed by atoms with Gasteiger partial charge in [0.05, 0.1) is 12.6 Å². The summed E-state index contributed by atoms with van der Waals surface area (Å²) >= 11 is 3.39. The third-order valence-corrected chi connectivity index (χ3v) is 3.94. The molecule has 0 saturated carbocycles. The molecule has 5 nitrogen and oxygen atoms in total. The molecule has 0 aliphatic carbocycles. The van der Waals surface area contributed by atoms with Crippen molar-refractivity contribution in [1.82, 2.24) is 10.3 Å². The Labute approximate surface area is 143 Å². The average Bonchev–Trinajstić information content (AvgIpc) is 3.01. The predicted molar refractivity (Wildman–Crippen MR) is 90.9 cm³/mol. The first-order chi connectivity index (χ1) is 11.1. The summed E-state index contributed by atoms with van der Waals surface area (Å²) in [6, 6.07) is 7.77. The normalized spacial score (nSPS) is 10.5. The van der Waals surface area contributed by atoms with Crippen molar-refractivity contribution in [1.29, 1.82) is 0 Å². The molecular formula is C17H19BrN2O3. The molecule has 0 fully saturated rings. The molecular weight excluding hydrogens is 360 g/mol. The smallest absolute Gasteiger partial charge is 0.227 e. The number of Topliss-reactive ketones (excluding diaryl/α,β-unsaturated/α-hetero) is 1. The first-order valence-corrected chi connectivity index (χ1v) is 8.30. The maximum absolute atomic E-state index is 11.5. The lowest BCUT2D eigenvalue weighted by atomic mass is 10.1. The zero-order chi connectivity index (χ0) is 16.7. The van der Waals surface area contributed by atoms with E-state index in [2.05, 4.69) is 26.2 Å². The minimum atomic E-state index is -0.232. The van der Waals surface area contributed by atoms with Crippen LogP contribution in [0.3, 0.4) is 0 Å². The molecule has 122 valence electrons. The van der Waals surface area contributed by atoms with Crippen molar-refractivity contribution >= 4 is 27.6 Å². The van der Waals surface area contributed by atoms with Gasteiger partial charge in [0.25, 0.3) is 0 Å². The van der Waals surface area contributed by atoms with Crippen LogP contribution in [-0.4, -0.2) is 23.7 Å². The number of nitrogens with one attached hydrogen (secondary N) is 1. The Kier molecular flexibility index (Phi) is 6.52. The van der Waals surface area contributed by atoms with Gasteiger partial charge in [-0.05, 0) is 37.1 Å². The number of halogens is 1. The molecule has 0 atom stereocenters. The minimum Gasteiger partial charge on any atom is -0.441 e. The van der Waals surface area contributed by atoms with E-state index in [0.29, 0.717) is 12.3 Å². The number of benzene rings is 1. The number of carbonyl (C=O) groups is 2. The Balaban J connectivity index is 1.76. The third-order valence-electron chi connectivity index (χ3n) is 3.41. The van der Waals surface area contributed by atoms with Crippen LogP contribution in [0, 0.1) is 0 Å². The number of carbonyl (C=O) groups excluding carboxylic acids is 2. The van der Waals surface area contributed by atoms with Gasteiger partial charge in [0.15, 0.2) is 0 Å². The van der Waals surface area contributed by atoms with E-state index in [9.17, 15) is 9.59 Å². The van der Waals surface area contributed by atoms with Gasteiger partial charge in [0.1, 0.15) is 11.5 Å². The van der Waals surface area contributed by atoms with Gasteiger partial charge in [0.2, 0.25) is 11.8 Å². The van der Waals surface area contributed by atoms with E-state index in [0.717, 1.165) is 35.1 Å². The molecule has 0 aliphatic heterocycles. The molecule has 6 heteroatoms. The number of aromatic nitrogens is 1. The van der Waals surface area contributed by atoms with Gasteiger partial charge in [0, 0.05) is 29.9 Å². The van der Waals surface area contributed by atoms with E-state index in [4.69, 9.17) is 4.42 Å². The van der Waals surface area contributed by atoms with Crippen LogP contribution in [0.15, 0.2) is 39.4 Å².